The third-order valence-electron chi connectivity index (χ3n) is 1.31. The smallest absolute Gasteiger partial charge is 0.193 e. The molecule has 0 unspecified atom stereocenters. The second-order valence-corrected chi connectivity index (χ2v) is 2.44. The number of aromatic nitrogens is 2. The van der Waals surface area contributed by atoms with Crippen LogP contribution >= 0.6 is 11.6 Å². The van der Waals surface area contributed by atoms with Crippen LogP contribution in [0.5, 0.6) is 0 Å². The highest BCUT2D eigenvalue weighted by atomic mass is 35.5. The lowest BCUT2D eigenvalue weighted by Crippen LogP contribution is -1.85. The molecular formula is C6H4ClN3O. The largest absolute Gasteiger partial charge is 0.379 e. The average Bonchev–Trinajstić information content (AvgIpc) is 2.33. The summed E-state index contributed by atoms with van der Waals surface area (Å²) in [4.78, 5) is 3.92. The van der Waals surface area contributed by atoms with Crippen LogP contribution in [0.25, 0.3) is 11.1 Å². The molecule has 0 saturated heterocycles. The molecule has 0 aliphatic rings. The van der Waals surface area contributed by atoms with E-state index >= 15 is 0 Å². The van der Waals surface area contributed by atoms with Crippen molar-refractivity contribution in [2.75, 3.05) is 5.73 Å². The zero-order valence-electron chi connectivity index (χ0n) is 5.41. The van der Waals surface area contributed by atoms with Gasteiger partial charge in [0, 0.05) is 0 Å². The van der Waals surface area contributed by atoms with Crippen LogP contribution in [-0.4, -0.2) is 10.1 Å². The van der Waals surface area contributed by atoms with Crippen LogP contribution in [0.1, 0.15) is 0 Å². The van der Waals surface area contributed by atoms with Gasteiger partial charge in [-0.25, -0.2) is 4.98 Å². The Morgan fingerprint density at radius 3 is 3.09 bits per heavy atom. The van der Waals surface area contributed by atoms with E-state index in [0.29, 0.717) is 16.3 Å². The van der Waals surface area contributed by atoms with Gasteiger partial charge < -0.3 is 10.3 Å². The fraction of sp³-hybridized carbons (Fsp3) is 0. The van der Waals surface area contributed by atoms with E-state index in [4.69, 9.17) is 21.9 Å². The Balaban J connectivity index is 2.87. The molecule has 0 fully saturated rings. The Morgan fingerprint density at radius 2 is 2.27 bits per heavy atom. The number of pyridine rings is 1. The Bertz CT molecular complexity index is 398. The number of anilines is 1. The molecule has 2 N–H and O–H groups in total. The van der Waals surface area contributed by atoms with Gasteiger partial charge in [-0.2, -0.15) is 0 Å². The maximum absolute atomic E-state index is 5.61. The van der Waals surface area contributed by atoms with Crippen LogP contribution < -0.4 is 5.73 Å². The van der Waals surface area contributed by atoms with E-state index in [1.54, 1.807) is 12.1 Å². The van der Waals surface area contributed by atoms with Gasteiger partial charge >= 0.3 is 0 Å². The van der Waals surface area contributed by atoms with Crippen LogP contribution in [0, 0.1) is 0 Å². The number of nitrogens with two attached hydrogens (primary N) is 1. The van der Waals surface area contributed by atoms with Crippen molar-refractivity contribution >= 4 is 28.5 Å². The lowest BCUT2D eigenvalue weighted by atomic mass is 10.4. The molecule has 2 aromatic heterocycles. The van der Waals surface area contributed by atoms with Gasteiger partial charge in [-0.1, -0.05) is 16.8 Å². The minimum atomic E-state index is 0.266. The van der Waals surface area contributed by atoms with Crippen molar-refractivity contribution in [2.45, 2.75) is 0 Å². The van der Waals surface area contributed by atoms with E-state index < -0.39 is 0 Å². The topological polar surface area (TPSA) is 64.9 Å². The molecule has 2 aromatic rings. The zero-order valence-corrected chi connectivity index (χ0v) is 6.17. The first-order chi connectivity index (χ1) is 5.27. The van der Waals surface area contributed by atoms with E-state index in [9.17, 15) is 0 Å². The summed E-state index contributed by atoms with van der Waals surface area (Å²) >= 11 is 5.61. The highest BCUT2D eigenvalue weighted by molar-refractivity contribution is 6.29. The molecular weight excluding hydrogens is 166 g/mol. The van der Waals surface area contributed by atoms with Crippen molar-refractivity contribution in [2.24, 2.45) is 0 Å². The maximum Gasteiger partial charge on any atom is 0.193 e. The van der Waals surface area contributed by atoms with Gasteiger partial charge in [0.2, 0.25) is 0 Å². The summed E-state index contributed by atoms with van der Waals surface area (Å²) in [5.74, 6) is 0.266. The Labute approximate surface area is 66.9 Å². The van der Waals surface area contributed by atoms with Crippen molar-refractivity contribution < 1.29 is 4.52 Å². The van der Waals surface area contributed by atoms with Crippen LogP contribution in [0.2, 0.25) is 5.15 Å². The number of nitrogens with zero attached hydrogens (tertiary/aromatic N) is 2. The molecule has 0 aliphatic carbocycles. The van der Waals surface area contributed by atoms with E-state index in [1.807, 2.05) is 0 Å². The minimum Gasteiger partial charge on any atom is -0.379 e. The molecule has 0 saturated carbocycles. The van der Waals surface area contributed by atoms with Crippen molar-refractivity contribution in [3.05, 3.63) is 17.3 Å². The maximum atomic E-state index is 5.61. The van der Waals surface area contributed by atoms with Gasteiger partial charge in [-0.3, -0.25) is 0 Å². The van der Waals surface area contributed by atoms with Crippen molar-refractivity contribution in [1.82, 2.24) is 10.1 Å². The molecule has 56 valence electrons. The summed E-state index contributed by atoms with van der Waals surface area (Å²) in [6.45, 7) is 0. The lowest BCUT2D eigenvalue weighted by molar-refractivity contribution is 0.460. The SMILES string of the molecule is Nc1noc2ccc(Cl)nc12. The number of halogens is 1. The van der Waals surface area contributed by atoms with Crippen molar-refractivity contribution in [3.63, 3.8) is 0 Å². The minimum absolute atomic E-state index is 0.266. The van der Waals surface area contributed by atoms with Gasteiger partial charge in [0.15, 0.2) is 16.9 Å². The number of rotatable bonds is 0. The van der Waals surface area contributed by atoms with Gasteiger partial charge in [0.25, 0.3) is 0 Å². The molecule has 0 aliphatic heterocycles. The monoisotopic (exact) mass is 169 g/mol. The first-order valence-corrected chi connectivity index (χ1v) is 3.32. The number of hydrogen-bond acceptors (Lipinski definition) is 4. The molecule has 0 amide bonds. The summed E-state index contributed by atoms with van der Waals surface area (Å²) in [6.07, 6.45) is 0. The first kappa shape index (κ1) is 6.42. The van der Waals surface area contributed by atoms with Gasteiger partial charge in [-0.15, -0.1) is 0 Å². The predicted octanol–water partition coefficient (Wildman–Crippen LogP) is 1.46. The summed E-state index contributed by atoms with van der Waals surface area (Å²) in [6, 6.07) is 3.29. The van der Waals surface area contributed by atoms with Gasteiger partial charge in [0.05, 0.1) is 0 Å². The molecule has 2 heterocycles. The zero-order chi connectivity index (χ0) is 7.84. The Hall–Kier alpha value is -1.29. The molecule has 2 rings (SSSR count). The molecule has 0 spiro atoms. The van der Waals surface area contributed by atoms with Crippen LogP contribution in [0.15, 0.2) is 16.7 Å². The van der Waals surface area contributed by atoms with Crippen LogP contribution in [0.4, 0.5) is 5.82 Å². The van der Waals surface area contributed by atoms with Gasteiger partial charge in [0.1, 0.15) is 5.15 Å². The first-order valence-electron chi connectivity index (χ1n) is 2.95. The fourth-order valence-corrected chi connectivity index (χ4v) is 0.969. The van der Waals surface area contributed by atoms with E-state index in [1.165, 1.54) is 0 Å². The molecule has 0 bridgehead atoms. The van der Waals surface area contributed by atoms with E-state index in [0.717, 1.165) is 0 Å². The van der Waals surface area contributed by atoms with Crippen molar-refractivity contribution in [3.8, 4) is 0 Å². The average molecular weight is 170 g/mol. The normalized spacial score (nSPS) is 10.6. The molecule has 4 nitrogen and oxygen atoms in total. The molecule has 5 heteroatoms. The molecule has 0 atom stereocenters. The summed E-state index contributed by atoms with van der Waals surface area (Å²) in [5.41, 5.74) is 6.48. The summed E-state index contributed by atoms with van der Waals surface area (Å²) in [5, 5.41) is 3.90. The lowest BCUT2D eigenvalue weighted by Gasteiger charge is -1.86. The highest BCUT2D eigenvalue weighted by Gasteiger charge is 2.05. The molecule has 11 heavy (non-hydrogen) atoms. The highest BCUT2D eigenvalue weighted by Crippen LogP contribution is 2.19. The van der Waals surface area contributed by atoms with E-state index in [-0.39, 0.29) is 5.82 Å². The second-order valence-electron chi connectivity index (χ2n) is 2.05. The Morgan fingerprint density at radius 1 is 1.45 bits per heavy atom. The number of hydrogen-bond donors (Lipinski definition) is 1. The summed E-state index contributed by atoms with van der Waals surface area (Å²) < 4.78 is 4.81. The number of fused-ring (bicyclic) bond motifs is 1. The predicted molar refractivity (Wildman–Crippen MR) is 41.2 cm³/mol. The van der Waals surface area contributed by atoms with Crippen LogP contribution in [0.3, 0.4) is 0 Å². The third-order valence-corrected chi connectivity index (χ3v) is 1.52. The standard InChI is InChI=1S/C6H4ClN3O/c7-4-2-1-3-5(9-4)6(8)10-11-3/h1-2H,(H2,8,10). The third kappa shape index (κ3) is 0.914. The van der Waals surface area contributed by atoms with Gasteiger partial charge in [-0.05, 0) is 12.1 Å². The van der Waals surface area contributed by atoms with Crippen molar-refractivity contribution in [1.29, 1.82) is 0 Å². The molecule has 0 radical (unpaired) electrons. The second kappa shape index (κ2) is 2.10. The number of nitrogen functional groups attached to an aromatic ring is 1. The van der Waals surface area contributed by atoms with E-state index in [2.05, 4.69) is 10.1 Å². The summed E-state index contributed by atoms with van der Waals surface area (Å²) in [7, 11) is 0. The fourth-order valence-electron chi connectivity index (χ4n) is 0.821. The van der Waals surface area contributed by atoms with Crippen LogP contribution in [-0.2, 0) is 0 Å². The quantitative estimate of drug-likeness (QED) is 0.607. The molecule has 0 aromatic carbocycles. The Kier molecular flexibility index (Phi) is 1.22.